The largest absolute Gasteiger partial charge is 0.383 e. The first-order valence-electron chi connectivity index (χ1n) is 7.24. The molecule has 0 amide bonds. The molecule has 0 aliphatic heterocycles. The number of hydrogen-bond donors (Lipinski definition) is 1. The fourth-order valence-corrected chi connectivity index (χ4v) is 2.60. The van der Waals surface area contributed by atoms with Crippen LogP contribution in [-0.4, -0.2) is 9.55 Å². The Hall–Kier alpha value is -1.84. The molecule has 4 heteroatoms. The maximum Gasteiger partial charge on any atom is 0.131 e. The molecule has 0 saturated heterocycles. The van der Waals surface area contributed by atoms with Crippen LogP contribution in [0.25, 0.3) is 11.3 Å². The van der Waals surface area contributed by atoms with Gasteiger partial charge in [-0.25, -0.2) is 9.37 Å². The summed E-state index contributed by atoms with van der Waals surface area (Å²) in [6.45, 7) is 4.79. The van der Waals surface area contributed by atoms with Crippen LogP contribution in [0.1, 0.15) is 43.5 Å². The van der Waals surface area contributed by atoms with Crippen molar-refractivity contribution >= 4 is 5.82 Å². The zero-order valence-electron chi connectivity index (χ0n) is 12.0. The van der Waals surface area contributed by atoms with E-state index in [1.54, 1.807) is 13.0 Å². The third-order valence-corrected chi connectivity index (χ3v) is 3.86. The maximum atomic E-state index is 13.4. The molecule has 0 atom stereocenters. The van der Waals surface area contributed by atoms with E-state index in [1.807, 2.05) is 6.07 Å². The standard InChI is InChI=1S/C16H20FN3/c1-3-8-20-15(18)14(19-16(20)11-4-5-11)12-6-7-13(17)10(2)9-12/h6-7,9,11H,3-5,8,18H2,1-2H3. The molecule has 0 unspecified atom stereocenters. The summed E-state index contributed by atoms with van der Waals surface area (Å²) in [5.74, 6) is 2.17. The van der Waals surface area contributed by atoms with Gasteiger partial charge >= 0.3 is 0 Å². The molecule has 1 aliphatic rings. The van der Waals surface area contributed by atoms with Gasteiger partial charge in [-0.2, -0.15) is 0 Å². The Kier molecular flexibility index (Phi) is 3.24. The second kappa shape index (κ2) is 4.93. The van der Waals surface area contributed by atoms with Crippen molar-refractivity contribution in [2.75, 3.05) is 5.73 Å². The lowest BCUT2D eigenvalue weighted by Crippen LogP contribution is -2.06. The van der Waals surface area contributed by atoms with Crippen molar-refractivity contribution in [2.45, 2.75) is 45.6 Å². The molecular formula is C16H20FN3. The Balaban J connectivity index is 2.08. The summed E-state index contributed by atoms with van der Waals surface area (Å²) in [6.07, 6.45) is 3.42. The topological polar surface area (TPSA) is 43.8 Å². The van der Waals surface area contributed by atoms with Crippen molar-refractivity contribution in [1.29, 1.82) is 0 Å². The van der Waals surface area contributed by atoms with Crippen LogP contribution in [0.15, 0.2) is 18.2 Å². The molecule has 0 spiro atoms. The van der Waals surface area contributed by atoms with Crippen LogP contribution in [0.4, 0.5) is 10.2 Å². The number of aryl methyl sites for hydroxylation is 1. The average molecular weight is 273 g/mol. The van der Waals surface area contributed by atoms with Crippen LogP contribution in [0, 0.1) is 12.7 Å². The SMILES string of the molecule is CCCn1c(C2CC2)nc(-c2ccc(F)c(C)c2)c1N. The molecule has 1 aliphatic carbocycles. The van der Waals surface area contributed by atoms with Gasteiger partial charge in [-0.05, 0) is 49.9 Å². The van der Waals surface area contributed by atoms with Crippen molar-refractivity contribution < 1.29 is 4.39 Å². The van der Waals surface area contributed by atoms with Gasteiger partial charge in [0, 0.05) is 18.0 Å². The Bertz CT molecular complexity index is 641. The number of nitrogens with two attached hydrogens (primary N) is 1. The zero-order valence-corrected chi connectivity index (χ0v) is 12.0. The number of anilines is 1. The van der Waals surface area contributed by atoms with Crippen molar-refractivity contribution in [3.8, 4) is 11.3 Å². The lowest BCUT2D eigenvalue weighted by Gasteiger charge is -2.07. The number of nitrogens with zero attached hydrogens (tertiary/aromatic N) is 2. The van der Waals surface area contributed by atoms with Gasteiger partial charge in [-0.15, -0.1) is 0 Å². The third kappa shape index (κ3) is 2.19. The van der Waals surface area contributed by atoms with Gasteiger partial charge in [-0.3, -0.25) is 0 Å². The second-order valence-corrected chi connectivity index (χ2v) is 5.59. The summed E-state index contributed by atoms with van der Waals surface area (Å²) in [5, 5.41) is 0. The van der Waals surface area contributed by atoms with Crippen molar-refractivity contribution in [3.05, 3.63) is 35.4 Å². The van der Waals surface area contributed by atoms with Gasteiger partial charge < -0.3 is 10.3 Å². The maximum absolute atomic E-state index is 13.4. The Morgan fingerprint density at radius 3 is 2.75 bits per heavy atom. The minimum Gasteiger partial charge on any atom is -0.383 e. The smallest absolute Gasteiger partial charge is 0.131 e. The predicted molar refractivity (Wildman–Crippen MR) is 79.0 cm³/mol. The Morgan fingerprint density at radius 1 is 1.40 bits per heavy atom. The molecule has 2 N–H and O–H groups in total. The predicted octanol–water partition coefficient (Wildman–Crippen LogP) is 3.87. The lowest BCUT2D eigenvalue weighted by atomic mass is 10.1. The first-order valence-corrected chi connectivity index (χ1v) is 7.24. The molecular weight excluding hydrogens is 253 g/mol. The average Bonchev–Trinajstić information content (AvgIpc) is 3.21. The number of hydrogen-bond acceptors (Lipinski definition) is 2. The molecule has 3 nitrogen and oxygen atoms in total. The van der Waals surface area contributed by atoms with E-state index >= 15 is 0 Å². The van der Waals surface area contributed by atoms with E-state index in [9.17, 15) is 4.39 Å². The molecule has 3 rings (SSSR count). The molecule has 0 bridgehead atoms. The molecule has 0 radical (unpaired) electrons. The summed E-state index contributed by atoms with van der Waals surface area (Å²) in [7, 11) is 0. The van der Waals surface area contributed by atoms with Gasteiger partial charge in [0.05, 0.1) is 0 Å². The summed E-state index contributed by atoms with van der Waals surface area (Å²) >= 11 is 0. The van der Waals surface area contributed by atoms with Gasteiger partial charge in [0.2, 0.25) is 0 Å². The van der Waals surface area contributed by atoms with Gasteiger partial charge in [0.25, 0.3) is 0 Å². The molecule has 1 saturated carbocycles. The first kappa shape index (κ1) is 13.2. The molecule has 2 aromatic rings. The highest BCUT2D eigenvalue weighted by atomic mass is 19.1. The highest BCUT2D eigenvalue weighted by molar-refractivity contribution is 5.71. The lowest BCUT2D eigenvalue weighted by molar-refractivity contribution is 0.619. The third-order valence-electron chi connectivity index (χ3n) is 3.86. The van der Waals surface area contributed by atoms with Gasteiger partial charge in [0.15, 0.2) is 0 Å². The van der Waals surface area contributed by atoms with E-state index in [1.165, 1.54) is 18.9 Å². The Labute approximate surface area is 118 Å². The minimum absolute atomic E-state index is 0.192. The molecule has 20 heavy (non-hydrogen) atoms. The van der Waals surface area contributed by atoms with Gasteiger partial charge in [0.1, 0.15) is 23.2 Å². The molecule has 106 valence electrons. The molecule has 1 fully saturated rings. The number of benzene rings is 1. The van der Waals surface area contributed by atoms with Crippen LogP contribution in [-0.2, 0) is 6.54 Å². The molecule has 1 aromatic carbocycles. The molecule has 1 aromatic heterocycles. The van der Waals surface area contributed by atoms with Crippen molar-refractivity contribution in [1.82, 2.24) is 9.55 Å². The summed E-state index contributed by atoms with van der Waals surface area (Å²) in [6, 6.07) is 5.06. The summed E-state index contributed by atoms with van der Waals surface area (Å²) in [4.78, 5) is 4.75. The fraction of sp³-hybridized carbons (Fsp3) is 0.438. The molecule has 1 heterocycles. The highest BCUT2D eigenvalue weighted by Crippen LogP contribution is 2.42. The fourth-order valence-electron chi connectivity index (χ4n) is 2.60. The van der Waals surface area contributed by atoms with Crippen LogP contribution >= 0.6 is 0 Å². The first-order chi connectivity index (χ1) is 9.61. The number of aromatic nitrogens is 2. The quantitative estimate of drug-likeness (QED) is 0.919. The van der Waals surface area contributed by atoms with E-state index in [-0.39, 0.29) is 5.82 Å². The second-order valence-electron chi connectivity index (χ2n) is 5.59. The normalized spacial score (nSPS) is 14.8. The van der Waals surface area contributed by atoms with Crippen LogP contribution in [0.2, 0.25) is 0 Å². The number of halogens is 1. The van der Waals surface area contributed by atoms with Crippen molar-refractivity contribution in [3.63, 3.8) is 0 Å². The Morgan fingerprint density at radius 2 is 2.15 bits per heavy atom. The monoisotopic (exact) mass is 273 g/mol. The van der Waals surface area contributed by atoms with E-state index in [2.05, 4.69) is 11.5 Å². The number of imidazole rings is 1. The van der Waals surface area contributed by atoms with Gasteiger partial charge in [-0.1, -0.05) is 6.92 Å². The zero-order chi connectivity index (χ0) is 14.3. The van der Waals surface area contributed by atoms with E-state index in [4.69, 9.17) is 10.7 Å². The number of rotatable bonds is 4. The van der Waals surface area contributed by atoms with Crippen LogP contribution in [0.3, 0.4) is 0 Å². The highest BCUT2D eigenvalue weighted by Gasteiger charge is 2.30. The number of nitrogen functional groups attached to an aromatic ring is 1. The van der Waals surface area contributed by atoms with E-state index < -0.39 is 0 Å². The van der Waals surface area contributed by atoms with Crippen LogP contribution in [0.5, 0.6) is 0 Å². The van der Waals surface area contributed by atoms with E-state index in [0.29, 0.717) is 17.3 Å². The van der Waals surface area contributed by atoms with E-state index in [0.717, 1.165) is 30.0 Å². The summed E-state index contributed by atoms with van der Waals surface area (Å²) < 4.78 is 15.5. The van der Waals surface area contributed by atoms with Crippen molar-refractivity contribution in [2.24, 2.45) is 0 Å². The summed E-state index contributed by atoms with van der Waals surface area (Å²) in [5.41, 5.74) is 8.60. The van der Waals surface area contributed by atoms with Crippen LogP contribution < -0.4 is 5.73 Å². The minimum atomic E-state index is -0.192.